The fourth-order valence-electron chi connectivity index (χ4n) is 2.53. The molecule has 2 aromatic rings. The second kappa shape index (κ2) is 6.77. The minimum absolute atomic E-state index is 0.0476. The molecule has 2 heterocycles. The Morgan fingerprint density at radius 1 is 1.36 bits per heavy atom. The van der Waals surface area contributed by atoms with Crippen LogP contribution in [0, 0.1) is 0 Å². The summed E-state index contributed by atoms with van der Waals surface area (Å²) < 4.78 is 7.10. The normalized spacial score (nSPS) is 18.2. The monoisotopic (exact) mass is 336 g/mol. The maximum atomic E-state index is 12.0. The topological polar surface area (TPSA) is 34.5 Å². The lowest BCUT2D eigenvalue weighted by molar-refractivity contribution is -0.128. The van der Waals surface area contributed by atoms with Gasteiger partial charge < -0.3 is 14.2 Å². The smallest absolute Gasteiger partial charge is 0.233 e. The van der Waals surface area contributed by atoms with E-state index in [1.807, 2.05) is 52.2 Å². The Morgan fingerprint density at radius 2 is 2.18 bits per heavy atom. The fraction of sp³-hybridized carbons (Fsp3) is 0.312. The Morgan fingerprint density at radius 3 is 2.95 bits per heavy atom. The molecule has 3 rings (SSSR count). The molecule has 0 spiro atoms. The van der Waals surface area contributed by atoms with Gasteiger partial charge in [-0.1, -0.05) is 23.7 Å². The van der Waals surface area contributed by atoms with E-state index < -0.39 is 0 Å². The third-order valence-electron chi connectivity index (χ3n) is 3.64. The van der Waals surface area contributed by atoms with Crippen LogP contribution in [-0.4, -0.2) is 41.4 Å². The number of hydrogen-bond acceptors (Lipinski definition) is 3. The SMILES string of the molecule is COCCN1C(=O)CS[C@@H]1c1ccn(-c2ccccc2Cl)c1. The highest BCUT2D eigenvalue weighted by molar-refractivity contribution is 8.00. The van der Waals surface area contributed by atoms with E-state index >= 15 is 0 Å². The van der Waals surface area contributed by atoms with Gasteiger partial charge in [-0.15, -0.1) is 11.8 Å². The number of carbonyl (C=O) groups excluding carboxylic acids is 1. The Labute approximate surface area is 139 Å². The number of carbonyl (C=O) groups is 1. The molecule has 1 aliphatic heterocycles. The second-order valence-electron chi connectivity index (χ2n) is 5.05. The van der Waals surface area contributed by atoms with Gasteiger partial charge in [-0.05, 0) is 18.2 Å². The number of benzene rings is 1. The highest BCUT2D eigenvalue weighted by Crippen LogP contribution is 2.39. The zero-order valence-electron chi connectivity index (χ0n) is 12.2. The summed E-state index contributed by atoms with van der Waals surface area (Å²) in [6.07, 6.45) is 4.02. The van der Waals surface area contributed by atoms with Gasteiger partial charge in [0.25, 0.3) is 0 Å². The molecule has 6 heteroatoms. The van der Waals surface area contributed by atoms with Crippen LogP contribution in [0.2, 0.25) is 5.02 Å². The van der Waals surface area contributed by atoms with Crippen molar-refractivity contribution in [3.8, 4) is 5.69 Å². The molecular formula is C16H17ClN2O2S. The van der Waals surface area contributed by atoms with E-state index in [1.165, 1.54) is 0 Å². The van der Waals surface area contributed by atoms with E-state index in [9.17, 15) is 4.79 Å². The van der Waals surface area contributed by atoms with Crippen LogP contribution in [0.3, 0.4) is 0 Å². The lowest BCUT2D eigenvalue weighted by Gasteiger charge is -2.22. The van der Waals surface area contributed by atoms with Crippen LogP contribution in [0.15, 0.2) is 42.7 Å². The first-order valence-electron chi connectivity index (χ1n) is 7.03. The first kappa shape index (κ1) is 15.5. The van der Waals surface area contributed by atoms with E-state index in [0.717, 1.165) is 11.3 Å². The lowest BCUT2D eigenvalue weighted by atomic mass is 10.3. The number of halogens is 1. The van der Waals surface area contributed by atoms with Crippen LogP contribution in [0.4, 0.5) is 0 Å². The van der Waals surface area contributed by atoms with E-state index in [-0.39, 0.29) is 11.3 Å². The van der Waals surface area contributed by atoms with Gasteiger partial charge in [0.2, 0.25) is 5.91 Å². The zero-order chi connectivity index (χ0) is 15.5. The summed E-state index contributed by atoms with van der Waals surface area (Å²) in [6, 6.07) is 9.75. The van der Waals surface area contributed by atoms with Gasteiger partial charge >= 0.3 is 0 Å². The predicted octanol–water partition coefficient (Wildman–Crippen LogP) is 3.35. The van der Waals surface area contributed by atoms with Crippen molar-refractivity contribution < 1.29 is 9.53 Å². The van der Waals surface area contributed by atoms with Gasteiger partial charge in [0.05, 0.1) is 23.1 Å². The number of para-hydroxylation sites is 1. The van der Waals surface area contributed by atoms with E-state index in [1.54, 1.807) is 18.9 Å². The van der Waals surface area contributed by atoms with Crippen LogP contribution >= 0.6 is 23.4 Å². The third-order valence-corrected chi connectivity index (χ3v) is 5.21. The van der Waals surface area contributed by atoms with Crippen molar-refractivity contribution in [1.82, 2.24) is 9.47 Å². The summed E-state index contributed by atoms with van der Waals surface area (Å²) in [5.74, 6) is 0.684. The largest absolute Gasteiger partial charge is 0.383 e. The Bertz CT molecular complexity index is 674. The van der Waals surface area contributed by atoms with Crippen molar-refractivity contribution in [3.05, 3.63) is 53.3 Å². The third kappa shape index (κ3) is 3.02. The van der Waals surface area contributed by atoms with Gasteiger partial charge in [0.1, 0.15) is 5.37 Å². The number of amides is 1. The molecular weight excluding hydrogens is 320 g/mol. The van der Waals surface area contributed by atoms with Crippen LogP contribution in [0.5, 0.6) is 0 Å². The minimum atomic E-state index is 0.0476. The molecule has 1 aliphatic rings. The highest BCUT2D eigenvalue weighted by atomic mass is 35.5. The van der Waals surface area contributed by atoms with Crippen molar-refractivity contribution in [2.24, 2.45) is 0 Å². The van der Waals surface area contributed by atoms with Crippen molar-refractivity contribution in [1.29, 1.82) is 0 Å². The quantitative estimate of drug-likeness (QED) is 0.839. The molecule has 1 fully saturated rings. The first-order valence-corrected chi connectivity index (χ1v) is 8.46. The Kier molecular flexibility index (Phi) is 4.76. The first-order chi connectivity index (χ1) is 10.7. The lowest BCUT2D eigenvalue weighted by Crippen LogP contribution is -2.31. The molecule has 0 N–H and O–H groups in total. The van der Waals surface area contributed by atoms with E-state index in [0.29, 0.717) is 23.9 Å². The van der Waals surface area contributed by atoms with Crippen molar-refractivity contribution in [2.75, 3.05) is 26.0 Å². The van der Waals surface area contributed by atoms with Crippen molar-refractivity contribution in [2.45, 2.75) is 5.37 Å². The molecule has 0 aliphatic carbocycles. The average Bonchev–Trinajstić information content (AvgIpc) is 3.12. The standard InChI is InChI=1S/C16H17ClN2O2S/c1-21-9-8-19-15(20)11-22-16(19)12-6-7-18(10-12)14-5-3-2-4-13(14)17/h2-7,10,16H,8-9,11H2,1H3/t16-/m1/s1. The fourth-order valence-corrected chi connectivity index (χ4v) is 3.97. The van der Waals surface area contributed by atoms with Gasteiger partial charge in [0.15, 0.2) is 0 Å². The molecule has 1 aromatic carbocycles. The number of thioether (sulfide) groups is 1. The molecule has 1 saturated heterocycles. The maximum Gasteiger partial charge on any atom is 0.233 e. The summed E-state index contributed by atoms with van der Waals surface area (Å²) >= 11 is 7.89. The molecule has 0 bridgehead atoms. The highest BCUT2D eigenvalue weighted by Gasteiger charge is 2.32. The summed E-state index contributed by atoms with van der Waals surface area (Å²) in [5.41, 5.74) is 2.04. The number of aromatic nitrogens is 1. The molecule has 1 atom stereocenters. The maximum absolute atomic E-state index is 12.0. The number of ether oxygens (including phenoxy) is 1. The molecule has 4 nitrogen and oxygen atoms in total. The molecule has 22 heavy (non-hydrogen) atoms. The number of rotatable bonds is 5. The minimum Gasteiger partial charge on any atom is -0.383 e. The van der Waals surface area contributed by atoms with Crippen molar-refractivity contribution in [3.63, 3.8) is 0 Å². The van der Waals surface area contributed by atoms with Crippen molar-refractivity contribution >= 4 is 29.3 Å². The molecule has 1 amide bonds. The Hall–Kier alpha value is -1.43. The summed E-state index contributed by atoms with van der Waals surface area (Å²) in [5, 5.41) is 0.752. The number of nitrogens with zero attached hydrogens (tertiary/aromatic N) is 2. The summed E-state index contributed by atoms with van der Waals surface area (Å²) in [7, 11) is 1.65. The Balaban J connectivity index is 1.84. The number of methoxy groups -OCH3 is 1. The van der Waals surface area contributed by atoms with Gasteiger partial charge in [-0.25, -0.2) is 0 Å². The average molecular weight is 337 g/mol. The molecule has 0 unspecified atom stereocenters. The predicted molar refractivity (Wildman–Crippen MR) is 89.6 cm³/mol. The van der Waals surface area contributed by atoms with Gasteiger partial charge in [-0.3, -0.25) is 4.79 Å². The molecule has 116 valence electrons. The zero-order valence-corrected chi connectivity index (χ0v) is 13.8. The second-order valence-corrected chi connectivity index (χ2v) is 6.52. The van der Waals surface area contributed by atoms with Crippen LogP contribution in [0.25, 0.3) is 5.69 Å². The van der Waals surface area contributed by atoms with Crippen LogP contribution in [0.1, 0.15) is 10.9 Å². The van der Waals surface area contributed by atoms with E-state index in [4.69, 9.17) is 16.3 Å². The summed E-state index contributed by atoms with van der Waals surface area (Å²) in [4.78, 5) is 13.9. The molecule has 0 radical (unpaired) electrons. The van der Waals surface area contributed by atoms with E-state index in [2.05, 4.69) is 0 Å². The number of hydrogen-bond donors (Lipinski definition) is 0. The van der Waals surface area contributed by atoms with Gasteiger partial charge in [0, 0.05) is 31.6 Å². The van der Waals surface area contributed by atoms with Crippen LogP contribution < -0.4 is 0 Å². The van der Waals surface area contributed by atoms with Crippen LogP contribution in [-0.2, 0) is 9.53 Å². The molecule has 1 aromatic heterocycles. The van der Waals surface area contributed by atoms with Gasteiger partial charge in [-0.2, -0.15) is 0 Å². The summed E-state index contributed by atoms with van der Waals surface area (Å²) in [6.45, 7) is 1.16. The molecule has 0 saturated carbocycles.